The number of rotatable bonds is 0. The molecule has 3 heteroatoms. The zero-order chi connectivity index (χ0) is 11.1. The molecule has 3 rings (SSSR count). The summed E-state index contributed by atoms with van der Waals surface area (Å²) in [4.78, 5) is 17.9. The van der Waals surface area contributed by atoms with Gasteiger partial charge < -0.3 is 4.98 Å². The van der Waals surface area contributed by atoms with Crippen LogP contribution in [0, 0.1) is 6.92 Å². The summed E-state index contributed by atoms with van der Waals surface area (Å²) in [6.45, 7) is 2.06. The second kappa shape index (κ2) is 3.30. The van der Waals surface area contributed by atoms with Crippen LogP contribution in [-0.2, 0) is 12.8 Å². The van der Waals surface area contributed by atoms with Crippen LogP contribution in [0.25, 0.3) is 11.3 Å². The number of hydrogen-bond acceptors (Lipinski definition) is 2. The Labute approximate surface area is 93.2 Å². The third-order valence-corrected chi connectivity index (χ3v) is 3.09. The number of aryl methyl sites for hydroxylation is 3. The van der Waals surface area contributed by atoms with Crippen molar-refractivity contribution in [3.63, 3.8) is 0 Å². The summed E-state index contributed by atoms with van der Waals surface area (Å²) in [5, 5.41) is 0. The van der Waals surface area contributed by atoms with E-state index in [9.17, 15) is 4.79 Å². The van der Waals surface area contributed by atoms with Crippen molar-refractivity contribution in [3.05, 3.63) is 51.6 Å². The molecule has 80 valence electrons. The van der Waals surface area contributed by atoms with Crippen LogP contribution in [-0.4, -0.2) is 9.97 Å². The van der Waals surface area contributed by atoms with E-state index in [2.05, 4.69) is 35.1 Å². The Morgan fingerprint density at radius 1 is 1.25 bits per heavy atom. The van der Waals surface area contributed by atoms with Gasteiger partial charge in [-0.2, -0.15) is 0 Å². The average molecular weight is 212 g/mol. The highest BCUT2D eigenvalue weighted by Gasteiger charge is 2.16. The molecule has 0 saturated carbocycles. The van der Waals surface area contributed by atoms with Gasteiger partial charge in [0.2, 0.25) is 0 Å². The van der Waals surface area contributed by atoms with Gasteiger partial charge in [-0.3, -0.25) is 0 Å². The summed E-state index contributed by atoms with van der Waals surface area (Å²) in [5.74, 6) is 0. The molecule has 0 saturated heterocycles. The Morgan fingerprint density at radius 3 is 2.94 bits per heavy atom. The topological polar surface area (TPSA) is 45.8 Å². The fourth-order valence-corrected chi connectivity index (χ4v) is 2.26. The summed E-state index contributed by atoms with van der Waals surface area (Å²) >= 11 is 0. The largest absolute Gasteiger partial charge is 0.345 e. The molecule has 1 aromatic carbocycles. The number of aromatic nitrogens is 2. The van der Waals surface area contributed by atoms with Gasteiger partial charge in [0.1, 0.15) is 0 Å². The number of nitrogens with zero attached hydrogens (tertiary/aromatic N) is 1. The first-order chi connectivity index (χ1) is 7.74. The summed E-state index contributed by atoms with van der Waals surface area (Å²) < 4.78 is 0. The normalized spacial score (nSPS) is 13.1. The fraction of sp³-hybridized carbons (Fsp3) is 0.231. The lowest BCUT2D eigenvalue weighted by molar-refractivity contribution is 0.896. The minimum absolute atomic E-state index is 0.270. The Hall–Kier alpha value is -1.90. The molecule has 3 nitrogen and oxygen atoms in total. The first kappa shape index (κ1) is 9.33. The molecule has 0 unspecified atom stereocenters. The van der Waals surface area contributed by atoms with Crippen LogP contribution in [0.1, 0.15) is 16.7 Å². The van der Waals surface area contributed by atoms with Gasteiger partial charge in [-0.15, -0.1) is 0 Å². The molecule has 0 bridgehead atoms. The Morgan fingerprint density at radius 2 is 2.06 bits per heavy atom. The molecule has 1 N–H and O–H groups in total. The molecule has 16 heavy (non-hydrogen) atoms. The Bertz CT molecular complexity index is 614. The molecule has 0 aliphatic heterocycles. The lowest BCUT2D eigenvalue weighted by atomic mass is 9.89. The maximum atomic E-state index is 11.3. The highest BCUT2D eigenvalue weighted by Crippen LogP contribution is 2.31. The quantitative estimate of drug-likeness (QED) is 0.724. The molecular weight excluding hydrogens is 200 g/mol. The van der Waals surface area contributed by atoms with E-state index in [0.717, 1.165) is 29.7 Å². The molecule has 2 aromatic rings. The van der Waals surface area contributed by atoms with Crippen molar-refractivity contribution in [2.75, 3.05) is 0 Å². The van der Waals surface area contributed by atoms with E-state index in [1.165, 1.54) is 11.1 Å². The number of benzene rings is 1. The minimum Gasteiger partial charge on any atom is -0.305 e. The third-order valence-electron chi connectivity index (χ3n) is 3.09. The first-order valence-corrected chi connectivity index (χ1v) is 5.42. The van der Waals surface area contributed by atoms with Crippen molar-refractivity contribution in [2.24, 2.45) is 0 Å². The molecule has 0 fully saturated rings. The molecule has 0 radical (unpaired) electrons. The van der Waals surface area contributed by atoms with Crippen molar-refractivity contribution >= 4 is 0 Å². The molecule has 1 aliphatic carbocycles. The third kappa shape index (κ3) is 1.36. The van der Waals surface area contributed by atoms with Gasteiger partial charge in [0.25, 0.3) is 0 Å². The van der Waals surface area contributed by atoms with Crippen LogP contribution >= 0.6 is 0 Å². The molecule has 1 aliphatic rings. The molecular formula is C13H12N2O. The summed E-state index contributed by atoms with van der Waals surface area (Å²) in [7, 11) is 0. The van der Waals surface area contributed by atoms with Crippen LogP contribution < -0.4 is 5.69 Å². The predicted molar refractivity (Wildman–Crippen MR) is 62.4 cm³/mol. The molecule has 0 spiro atoms. The van der Waals surface area contributed by atoms with E-state index in [1.807, 2.05) is 0 Å². The van der Waals surface area contributed by atoms with Gasteiger partial charge in [0.15, 0.2) is 0 Å². The first-order valence-electron chi connectivity index (χ1n) is 5.42. The number of hydrogen-bond donors (Lipinski definition) is 1. The van der Waals surface area contributed by atoms with E-state index >= 15 is 0 Å². The predicted octanol–water partition coefficient (Wildman–Crippen LogP) is 1.84. The zero-order valence-corrected chi connectivity index (χ0v) is 9.08. The molecule has 1 heterocycles. The van der Waals surface area contributed by atoms with E-state index in [1.54, 1.807) is 6.20 Å². The second-order valence-electron chi connectivity index (χ2n) is 4.25. The highest BCUT2D eigenvalue weighted by molar-refractivity contribution is 5.69. The van der Waals surface area contributed by atoms with Crippen LogP contribution in [0.5, 0.6) is 0 Å². The van der Waals surface area contributed by atoms with Gasteiger partial charge in [-0.05, 0) is 37.0 Å². The SMILES string of the molecule is Cc1ccc2c(c1)-c1[nH]c(=O)ncc1CC2. The smallest absolute Gasteiger partial charge is 0.305 e. The summed E-state index contributed by atoms with van der Waals surface area (Å²) in [5.41, 5.74) is 5.49. The highest BCUT2D eigenvalue weighted by atomic mass is 16.1. The zero-order valence-electron chi connectivity index (χ0n) is 9.08. The lowest BCUT2D eigenvalue weighted by Crippen LogP contribution is -2.16. The summed E-state index contributed by atoms with van der Waals surface area (Å²) in [6.07, 6.45) is 3.67. The number of nitrogens with one attached hydrogen (secondary N) is 1. The minimum atomic E-state index is -0.270. The van der Waals surface area contributed by atoms with Gasteiger partial charge >= 0.3 is 5.69 Å². The number of fused-ring (bicyclic) bond motifs is 3. The molecule has 0 amide bonds. The van der Waals surface area contributed by atoms with Crippen molar-refractivity contribution in [3.8, 4) is 11.3 Å². The van der Waals surface area contributed by atoms with Crippen LogP contribution in [0.2, 0.25) is 0 Å². The van der Waals surface area contributed by atoms with E-state index in [0.29, 0.717) is 0 Å². The van der Waals surface area contributed by atoms with Crippen molar-refractivity contribution in [1.29, 1.82) is 0 Å². The number of aromatic amines is 1. The van der Waals surface area contributed by atoms with E-state index < -0.39 is 0 Å². The van der Waals surface area contributed by atoms with E-state index in [4.69, 9.17) is 0 Å². The Balaban J connectivity index is 2.32. The van der Waals surface area contributed by atoms with Crippen LogP contribution in [0.4, 0.5) is 0 Å². The van der Waals surface area contributed by atoms with Crippen LogP contribution in [0.3, 0.4) is 0 Å². The monoisotopic (exact) mass is 212 g/mol. The van der Waals surface area contributed by atoms with Crippen molar-refractivity contribution in [1.82, 2.24) is 9.97 Å². The van der Waals surface area contributed by atoms with Crippen molar-refractivity contribution in [2.45, 2.75) is 19.8 Å². The second-order valence-corrected chi connectivity index (χ2v) is 4.25. The average Bonchev–Trinajstić information content (AvgIpc) is 2.29. The standard InChI is InChI=1S/C13H12N2O/c1-8-2-3-9-4-5-10-7-14-13(16)15-12(10)11(9)6-8/h2-3,6-7H,4-5H2,1H3,(H,14,15,16). The van der Waals surface area contributed by atoms with Gasteiger partial charge in [0, 0.05) is 11.8 Å². The fourth-order valence-electron chi connectivity index (χ4n) is 2.26. The maximum absolute atomic E-state index is 11.3. The van der Waals surface area contributed by atoms with E-state index in [-0.39, 0.29) is 5.69 Å². The van der Waals surface area contributed by atoms with Gasteiger partial charge in [-0.1, -0.05) is 17.7 Å². The van der Waals surface area contributed by atoms with Crippen LogP contribution in [0.15, 0.2) is 29.2 Å². The van der Waals surface area contributed by atoms with Crippen molar-refractivity contribution < 1.29 is 0 Å². The number of H-pyrrole nitrogens is 1. The summed E-state index contributed by atoms with van der Waals surface area (Å²) in [6, 6.07) is 6.39. The molecule has 1 aromatic heterocycles. The van der Waals surface area contributed by atoms with Gasteiger partial charge in [0.05, 0.1) is 5.69 Å². The lowest BCUT2D eigenvalue weighted by Gasteiger charge is -2.18. The Kier molecular flexibility index (Phi) is 1.93. The molecule has 0 atom stereocenters. The maximum Gasteiger partial charge on any atom is 0.345 e. The van der Waals surface area contributed by atoms with Gasteiger partial charge in [-0.25, -0.2) is 9.78 Å².